The van der Waals surface area contributed by atoms with Crippen LogP contribution in [0.25, 0.3) is 0 Å². The minimum Gasteiger partial charge on any atom is -0.351 e. The van der Waals surface area contributed by atoms with Crippen molar-refractivity contribution < 1.29 is 9.59 Å². The number of nitrogens with one attached hydrogen (secondary N) is 1. The van der Waals surface area contributed by atoms with Crippen molar-refractivity contribution in [2.45, 2.75) is 70.9 Å². The van der Waals surface area contributed by atoms with Crippen molar-refractivity contribution in [1.82, 2.24) is 10.2 Å². The number of nitrogens with zero attached hydrogens (tertiary/aromatic N) is 1. The SMILES string of the molecule is CC(C)CC(C(=O)NC1CCCC1CN)N1CCCCC1=O. The zero-order chi connectivity index (χ0) is 16.1. The van der Waals surface area contributed by atoms with Crippen LogP contribution in [0.1, 0.15) is 58.8 Å². The van der Waals surface area contributed by atoms with Crippen LogP contribution < -0.4 is 11.1 Å². The van der Waals surface area contributed by atoms with Crippen molar-refractivity contribution in [2.75, 3.05) is 13.1 Å². The zero-order valence-corrected chi connectivity index (χ0v) is 14.0. The van der Waals surface area contributed by atoms with Crippen LogP contribution in [0.4, 0.5) is 0 Å². The minimum absolute atomic E-state index is 0.0225. The molecule has 0 aromatic rings. The molecular formula is C17H31N3O2. The van der Waals surface area contributed by atoms with Gasteiger partial charge in [-0.05, 0) is 50.5 Å². The molecule has 0 spiro atoms. The summed E-state index contributed by atoms with van der Waals surface area (Å²) in [4.78, 5) is 26.8. The van der Waals surface area contributed by atoms with Gasteiger partial charge in [0.05, 0.1) is 0 Å². The van der Waals surface area contributed by atoms with E-state index in [0.717, 1.165) is 38.5 Å². The summed E-state index contributed by atoms with van der Waals surface area (Å²) in [6.45, 7) is 5.55. The maximum atomic E-state index is 12.8. The predicted octanol–water partition coefficient (Wildman–Crippen LogP) is 1.66. The molecule has 0 aromatic heterocycles. The molecule has 3 atom stereocenters. The van der Waals surface area contributed by atoms with Gasteiger partial charge in [-0.1, -0.05) is 20.3 Å². The molecule has 1 saturated carbocycles. The first-order chi connectivity index (χ1) is 10.5. The van der Waals surface area contributed by atoms with Crippen LogP contribution in [0.3, 0.4) is 0 Å². The number of nitrogens with two attached hydrogens (primary N) is 1. The molecule has 2 aliphatic rings. The van der Waals surface area contributed by atoms with Crippen molar-refractivity contribution in [3.63, 3.8) is 0 Å². The van der Waals surface area contributed by atoms with E-state index in [1.54, 1.807) is 0 Å². The van der Waals surface area contributed by atoms with E-state index in [2.05, 4.69) is 19.2 Å². The molecule has 2 fully saturated rings. The van der Waals surface area contributed by atoms with E-state index >= 15 is 0 Å². The zero-order valence-electron chi connectivity index (χ0n) is 14.0. The topological polar surface area (TPSA) is 75.4 Å². The highest BCUT2D eigenvalue weighted by atomic mass is 16.2. The van der Waals surface area contributed by atoms with Crippen LogP contribution in [-0.4, -0.2) is 41.9 Å². The third kappa shape index (κ3) is 4.22. The van der Waals surface area contributed by atoms with Gasteiger partial charge in [-0.3, -0.25) is 9.59 Å². The monoisotopic (exact) mass is 309 g/mol. The fourth-order valence-corrected chi connectivity index (χ4v) is 3.77. The number of piperidine rings is 1. The smallest absolute Gasteiger partial charge is 0.243 e. The summed E-state index contributed by atoms with van der Waals surface area (Å²) in [5.41, 5.74) is 5.81. The number of hydrogen-bond donors (Lipinski definition) is 2. The van der Waals surface area contributed by atoms with E-state index in [-0.39, 0.29) is 23.9 Å². The average Bonchev–Trinajstić information content (AvgIpc) is 2.92. The first-order valence-corrected chi connectivity index (χ1v) is 8.82. The molecule has 5 nitrogen and oxygen atoms in total. The lowest BCUT2D eigenvalue weighted by atomic mass is 9.97. The van der Waals surface area contributed by atoms with Crippen molar-refractivity contribution in [1.29, 1.82) is 0 Å². The Morgan fingerprint density at radius 1 is 1.32 bits per heavy atom. The Morgan fingerprint density at radius 3 is 2.73 bits per heavy atom. The van der Waals surface area contributed by atoms with Gasteiger partial charge in [0.25, 0.3) is 0 Å². The second-order valence-electron chi connectivity index (χ2n) is 7.23. The molecule has 1 saturated heterocycles. The second kappa shape index (κ2) is 7.95. The maximum Gasteiger partial charge on any atom is 0.243 e. The van der Waals surface area contributed by atoms with E-state index in [0.29, 0.717) is 31.3 Å². The number of carbonyl (C=O) groups excluding carboxylic acids is 2. The molecule has 0 aromatic carbocycles. The summed E-state index contributed by atoms with van der Waals surface area (Å²) in [7, 11) is 0. The minimum atomic E-state index is -0.313. The lowest BCUT2D eigenvalue weighted by molar-refractivity contribution is -0.143. The maximum absolute atomic E-state index is 12.8. The van der Waals surface area contributed by atoms with Crippen molar-refractivity contribution in [3.8, 4) is 0 Å². The number of hydrogen-bond acceptors (Lipinski definition) is 3. The highest BCUT2D eigenvalue weighted by Crippen LogP contribution is 2.26. The molecule has 2 rings (SSSR count). The molecule has 126 valence electrons. The van der Waals surface area contributed by atoms with Gasteiger partial charge in [0.15, 0.2) is 0 Å². The summed E-state index contributed by atoms with van der Waals surface area (Å²) in [5, 5.41) is 3.19. The summed E-state index contributed by atoms with van der Waals surface area (Å²) < 4.78 is 0. The Hall–Kier alpha value is -1.10. The molecule has 3 unspecified atom stereocenters. The highest BCUT2D eigenvalue weighted by molar-refractivity contribution is 5.88. The molecular weight excluding hydrogens is 278 g/mol. The Morgan fingerprint density at radius 2 is 2.09 bits per heavy atom. The van der Waals surface area contributed by atoms with Gasteiger partial charge in [-0.15, -0.1) is 0 Å². The van der Waals surface area contributed by atoms with Crippen molar-refractivity contribution in [3.05, 3.63) is 0 Å². The summed E-state index contributed by atoms with van der Waals surface area (Å²) >= 11 is 0. The molecule has 2 amide bonds. The lowest BCUT2D eigenvalue weighted by Gasteiger charge is -2.35. The Kier molecular flexibility index (Phi) is 6.24. The first kappa shape index (κ1) is 17.3. The summed E-state index contributed by atoms with van der Waals surface area (Å²) in [6, 6.07) is -0.126. The molecule has 0 radical (unpaired) electrons. The first-order valence-electron chi connectivity index (χ1n) is 8.82. The fraction of sp³-hybridized carbons (Fsp3) is 0.882. The van der Waals surface area contributed by atoms with Crippen LogP contribution >= 0.6 is 0 Å². The average molecular weight is 309 g/mol. The molecule has 1 heterocycles. The molecule has 0 bridgehead atoms. The fourth-order valence-electron chi connectivity index (χ4n) is 3.77. The molecule has 5 heteroatoms. The van der Waals surface area contributed by atoms with E-state index in [1.807, 2.05) is 4.90 Å². The third-order valence-electron chi connectivity index (χ3n) is 5.02. The molecule has 1 aliphatic carbocycles. The Bertz CT molecular complexity index is 397. The summed E-state index contributed by atoms with van der Waals surface area (Å²) in [6.07, 6.45) is 6.50. The quantitative estimate of drug-likeness (QED) is 0.783. The second-order valence-corrected chi connectivity index (χ2v) is 7.23. The third-order valence-corrected chi connectivity index (χ3v) is 5.02. The largest absolute Gasteiger partial charge is 0.351 e. The normalized spacial score (nSPS) is 27.3. The van der Waals surface area contributed by atoms with Crippen LogP contribution in [0.2, 0.25) is 0 Å². The van der Waals surface area contributed by atoms with Gasteiger partial charge in [0.2, 0.25) is 11.8 Å². The standard InChI is InChI=1S/C17H31N3O2/c1-12(2)10-15(20-9-4-3-8-16(20)21)17(22)19-14-7-5-6-13(14)11-18/h12-15H,3-11,18H2,1-2H3,(H,19,22). The van der Waals surface area contributed by atoms with Crippen LogP contribution in [0, 0.1) is 11.8 Å². The van der Waals surface area contributed by atoms with Gasteiger partial charge in [0, 0.05) is 19.0 Å². The van der Waals surface area contributed by atoms with Crippen LogP contribution in [0.15, 0.2) is 0 Å². The van der Waals surface area contributed by atoms with E-state index in [9.17, 15) is 9.59 Å². The van der Waals surface area contributed by atoms with Gasteiger partial charge in [-0.25, -0.2) is 0 Å². The van der Waals surface area contributed by atoms with Crippen LogP contribution in [0.5, 0.6) is 0 Å². The van der Waals surface area contributed by atoms with Crippen LogP contribution in [-0.2, 0) is 9.59 Å². The van der Waals surface area contributed by atoms with Gasteiger partial charge in [0.1, 0.15) is 6.04 Å². The van der Waals surface area contributed by atoms with Gasteiger partial charge >= 0.3 is 0 Å². The number of likely N-dealkylation sites (tertiary alicyclic amines) is 1. The number of carbonyl (C=O) groups is 2. The predicted molar refractivity (Wildman–Crippen MR) is 87.1 cm³/mol. The number of amides is 2. The highest BCUT2D eigenvalue weighted by Gasteiger charge is 2.35. The lowest BCUT2D eigenvalue weighted by Crippen LogP contribution is -2.54. The molecule has 1 aliphatic heterocycles. The van der Waals surface area contributed by atoms with E-state index < -0.39 is 0 Å². The summed E-state index contributed by atoms with van der Waals surface area (Å²) in [5.74, 6) is 0.934. The molecule has 22 heavy (non-hydrogen) atoms. The molecule has 3 N–H and O–H groups in total. The van der Waals surface area contributed by atoms with E-state index in [1.165, 1.54) is 0 Å². The van der Waals surface area contributed by atoms with Crippen molar-refractivity contribution >= 4 is 11.8 Å². The Balaban J connectivity index is 2.03. The number of rotatable bonds is 6. The van der Waals surface area contributed by atoms with Gasteiger partial charge < -0.3 is 16.0 Å². The Labute approximate surface area is 134 Å². The van der Waals surface area contributed by atoms with Gasteiger partial charge in [-0.2, -0.15) is 0 Å². The van der Waals surface area contributed by atoms with E-state index in [4.69, 9.17) is 5.73 Å². The van der Waals surface area contributed by atoms with Crippen molar-refractivity contribution in [2.24, 2.45) is 17.6 Å².